The molecule has 20 heavy (non-hydrogen) atoms. The maximum Gasteiger partial charge on any atom is 0.410 e. The molecule has 1 aliphatic rings. The molecule has 1 aliphatic heterocycles. The number of carbonyl (C=O) groups excluding carboxylic acids is 1. The average molecular weight is 387 g/mol. The number of amides is 1. The van der Waals surface area contributed by atoms with Crippen molar-refractivity contribution in [2.75, 3.05) is 6.54 Å². The third kappa shape index (κ3) is 4.36. The van der Waals surface area contributed by atoms with Gasteiger partial charge >= 0.3 is 6.09 Å². The zero-order chi connectivity index (χ0) is 14.8. The summed E-state index contributed by atoms with van der Waals surface area (Å²) in [6, 6.07) is 8.75. The van der Waals surface area contributed by atoms with Gasteiger partial charge in [0.25, 0.3) is 0 Å². The van der Waals surface area contributed by atoms with Gasteiger partial charge in [-0.05, 0) is 80.3 Å². The molecular weight excluding hydrogens is 365 g/mol. The molecule has 1 amide bonds. The van der Waals surface area contributed by atoms with Crippen LogP contribution in [-0.2, 0) is 11.2 Å². The Kier molecular flexibility index (Phi) is 4.94. The van der Waals surface area contributed by atoms with E-state index in [-0.39, 0.29) is 12.1 Å². The Balaban J connectivity index is 2.02. The summed E-state index contributed by atoms with van der Waals surface area (Å²) in [7, 11) is 0. The van der Waals surface area contributed by atoms with Crippen LogP contribution < -0.4 is 0 Å². The number of carbonyl (C=O) groups is 1. The number of nitrogens with zero attached hydrogens (tertiary/aromatic N) is 1. The molecule has 0 aliphatic carbocycles. The first kappa shape index (κ1) is 15.6. The second kappa shape index (κ2) is 6.33. The summed E-state index contributed by atoms with van der Waals surface area (Å²) < 4.78 is 6.74. The first-order valence-electron chi connectivity index (χ1n) is 7.09. The summed E-state index contributed by atoms with van der Waals surface area (Å²) in [4.78, 5) is 14.1. The average Bonchev–Trinajstić information content (AvgIpc) is 2.75. The summed E-state index contributed by atoms with van der Waals surface area (Å²) in [5, 5.41) is 0. The van der Waals surface area contributed by atoms with Gasteiger partial charge in [0.05, 0.1) is 0 Å². The van der Waals surface area contributed by atoms with Crippen LogP contribution in [0.1, 0.15) is 39.2 Å². The highest BCUT2D eigenvalue weighted by atomic mass is 127. The summed E-state index contributed by atoms with van der Waals surface area (Å²) in [5.74, 6) is 0. The SMILES string of the molecule is CC(C)(C)OC(=O)N1CCC[C@H]1Cc1cccc(I)c1. The molecule has 2 rings (SSSR count). The molecule has 1 atom stereocenters. The van der Waals surface area contributed by atoms with E-state index in [1.807, 2.05) is 25.7 Å². The molecule has 1 aromatic rings. The maximum absolute atomic E-state index is 12.2. The van der Waals surface area contributed by atoms with E-state index >= 15 is 0 Å². The predicted molar refractivity (Wildman–Crippen MR) is 88.8 cm³/mol. The number of rotatable bonds is 2. The molecule has 0 radical (unpaired) electrons. The molecule has 4 heteroatoms. The number of likely N-dealkylation sites (tertiary alicyclic amines) is 1. The van der Waals surface area contributed by atoms with Crippen molar-refractivity contribution in [2.24, 2.45) is 0 Å². The van der Waals surface area contributed by atoms with Crippen molar-refractivity contribution in [3.63, 3.8) is 0 Å². The van der Waals surface area contributed by atoms with E-state index in [0.717, 1.165) is 25.8 Å². The third-order valence-electron chi connectivity index (χ3n) is 3.37. The molecule has 0 N–H and O–H groups in total. The summed E-state index contributed by atoms with van der Waals surface area (Å²) in [5.41, 5.74) is 0.865. The monoisotopic (exact) mass is 387 g/mol. The highest BCUT2D eigenvalue weighted by Gasteiger charge is 2.32. The number of halogens is 1. The van der Waals surface area contributed by atoms with Crippen LogP contribution in [0.15, 0.2) is 24.3 Å². The second-order valence-electron chi connectivity index (χ2n) is 6.30. The number of hydrogen-bond acceptors (Lipinski definition) is 2. The Bertz CT molecular complexity index is 482. The highest BCUT2D eigenvalue weighted by molar-refractivity contribution is 14.1. The summed E-state index contributed by atoms with van der Waals surface area (Å²) in [6.45, 7) is 6.55. The van der Waals surface area contributed by atoms with E-state index in [1.54, 1.807) is 0 Å². The lowest BCUT2D eigenvalue weighted by atomic mass is 10.0. The Morgan fingerprint density at radius 1 is 1.45 bits per heavy atom. The van der Waals surface area contributed by atoms with E-state index in [9.17, 15) is 4.79 Å². The van der Waals surface area contributed by atoms with Gasteiger partial charge < -0.3 is 9.64 Å². The fourth-order valence-electron chi connectivity index (χ4n) is 2.54. The quantitative estimate of drug-likeness (QED) is 0.711. The molecule has 0 bridgehead atoms. The smallest absolute Gasteiger partial charge is 0.410 e. The van der Waals surface area contributed by atoms with E-state index in [2.05, 4.69) is 46.9 Å². The number of benzene rings is 1. The molecule has 1 aromatic carbocycles. The standard InChI is InChI=1S/C16H22INO2/c1-16(2,3)20-15(19)18-9-5-8-14(18)11-12-6-4-7-13(17)10-12/h4,6-7,10,14H,5,8-9,11H2,1-3H3/t14-/m0/s1. The Hall–Kier alpha value is -0.780. The maximum atomic E-state index is 12.2. The minimum atomic E-state index is -0.424. The first-order valence-corrected chi connectivity index (χ1v) is 8.17. The lowest BCUT2D eigenvalue weighted by Crippen LogP contribution is -2.40. The summed E-state index contributed by atoms with van der Waals surface area (Å²) in [6.07, 6.45) is 2.86. The van der Waals surface area contributed by atoms with Crippen LogP contribution in [0, 0.1) is 3.57 Å². The number of hydrogen-bond donors (Lipinski definition) is 0. The molecule has 1 heterocycles. The largest absolute Gasteiger partial charge is 0.444 e. The normalized spacial score (nSPS) is 19.2. The van der Waals surface area contributed by atoms with Crippen LogP contribution in [0.2, 0.25) is 0 Å². The van der Waals surface area contributed by atoms with Crippen molar-refractivity contribution in [3.8, 4) is 0 Å². The van der Waals surface area contributed by atoms with E-state index < -0.39 is 5.60 Å². The van der Waals surface area contributed by atoms with E-state index in [0.29, 0.717) is 0 Å². The lowest BCUT2D eigenvalue weighted by Gasteiger charge is -2.28. The fourth-order valence-corrected chi connectivity index (χ4v) is 3.15. The molecule has 0 unspecified atom stereocenters. The van der Waals surface area contributed by atoms with Gasteiger partial charge in [0.1, 0.15) is 5.60 Å². The second-order valence-corrected chi connectivity index (χ2v) is 7.55. The van der Waals surface area contributed by atoms with Crippen LogP contribution in [0.5, 0.6) is 0 Å². The minimum Gasteiger partial charge on any atom is -0.444 e. The third-order valence-corrected chi connectivity index (χ3v) is 4.04. The molecule has 1 saturated heterocycles. The lowest BCUT2D eigenvalue weighted by molar-refractivity contribution is 0.0227. The fraction of sp³-hybridized carbons (Fsp3) is 0.562. The van der Waals surface area contributed by atoms with Crippen molar-refractivity contribution >= 4 is 28.7 Å². The van der Waals surface area contributed by atoms with Crippen LogP contribution in [-0.4, -0.2) is 29.2 Å². The Labute approximate surface area is 134 Å². The van der Waals surface area contributed by atoms with Gasteiger partial charge in [0, 0.05) is 16.2 Å². The van der Waals surface area contributed by atoms with Crippen molar-refractivity contribution in [1.29, 1.82) is 0 Å². The van der Waals surface area contributed by atoms with Gasteiger partial charge in [-0.15, -0.1) is 0 Å². The van der Waals surface area contributed by atoms with Crippen LogP contribution in [0.25, 0.3) is 0 Å². The molecule has 1 fully saturated rings. The first-order chi connectivity index (χ1) is 9.35. The molecule has 110 valence electrons. The molecule has 0 aromatic heterocycles. The van der Waals surface area contributed by atoms with E-state index in [4.69, 9.17) is 4.74 Å². The van der Waals surface area contributed by atoms with E-state index in [1.165, 1.54) is 9.13 Å². The molecule has 0 saturated carbocycles. The molecular formula is C16H22INO2. The minimum absolute atomic E-state index is 0.175. The van der Waals surface area contributed by atoms with Crippen molar-refractivity contribution in [1.82, 2.24) is 4.90 Å². The zero-order valence-corrected chi connectivity index (χ0v) is 14.5. The molecule has 0 spiro atoms. The van der Waals surface area contributed by atoms with Crippen LogP contribution >= 0.6 is 22.6 Å². The zero-order valence-electron chi connectivity index (χ0n) is 12.4. The topological polar surface area (TPSA) is 29.5 Å². The summed E-state index contributed by atoms with van der Waals surface area (Å²) >= 11 is 2.32. The number of ether oxygens (including phenoxy) is 1. The van der Waals surface area contributed by atoms with Gasteiger partial charge in [-0.2, -0.15) is 0 Å². The van der Waals surface area contributed by atoms with Gasteiger partial charge in [-0.25, -0.2) is 4.79 Å². The van der Waals surface area contributed by atoms with Crippen LogP contribution in [0.4, 0.5) is 4.79 Å². The van der Waals surface area contributed by atoms with Gasteiger partial charge in [-0.3, -0.25) is 0 Å². The predicted octanol–water partition coefficient (Wildman–Crippen LogP) is 4.23. The van der Waals surface area contributed by atoms with Gasteiger partial charge in [0.2, 0.25) is 0 Å². The van der Waals surface area contributed by atoms with Crippen molar-refractivity contribution in [3.05, 3.63) is 33.4 Å². The highest BCUT2D eigenvalue weighted by Crippen LogP contribution is 2.24. The van der Waals surface area contributed by atoms with Crippen molar-refractivity contribution < 1.29 is 9.53 Å². The van der Waals surface area contributed by atoms with Crippen LogP contribution in [0.3, 0.4) is 0 Å². The van der Waals surface area contributed by atoms with Gasteiger partial charge in [0.15, 0.2) is 0 Å². The Morgan fingerprint density at radius 3 is 2.85 bits per heavy atom. The molecule has 3 nitrogen and oxygen atoms in total. The van der Waals surface area contributed by atoms with Gasteiger partial charge in [-0.1, -0.05) is 12.1 Å². The Morgan fingerprint density at radius 2 is 2.20 bits per heavy atom. The van der Waals surface area contributed by atoms with Crippen molar-refractivity contribution in [2.45, 2.75) is 51.7 Å².